The molecule has 2 aliphatic rings. The van der Waals surface area contributed by atoms with Crippen molar-refractivity contribution in [3.05, 3.63) is 28.2 Å². The van der Waals surface area contributed by atoms with Gasteiger partial charge in [-0.3, -0.25) is 0 Å². The normalized spacial score (nSPS) is 33.1. The van der Waals surface area contributed by atoms with Crippen molar-refractivity contribution in [3.63, 3.8) is 0 Å². The van der Waals surface area contributed by atoms with Crippen LogP contribution in [0.3, 0.4) is 0 Å². The first-order chi connectivity index (χ1) is 9.74. The van der Waals surface area contributed by atoms with Gasteiger partial charge in [0, 0.05) is 10.5 Å². The highest BCUT2D eigenvalue weighted by molar-refractivity contribution is 9.10. The topological polar surface area (TPSA) is 49.3 Å². The van der Waals surface area contributed by atoms with Crippen LogP contribution >= 0.6 is 15.9 Å². The molecule has 114 valence electrons. The molecule has 1 aromatic rings. The summed E-state index contributed by atoms with van der Waals surface area (Å²) in [6.07, 6.45) is 3.77. The standard InChI is InChI=1S/C17H22BrNO2/c1-16(2)10-6-7-17(3,9-10)15(16)19-13-8-11(18)4-5-12(13)14(20)21/h4-5,8,10,15,19H,6-7,9H2,1-3H3,(H,20,21). The average Bonchev–Trinajstić information content (AvgIpc) is 2.85. The molecule has 1 aromatic carbocycles. The van der Waals surface area contributed by atoms with Gasteiger partial charge in [0.2, 0.25) is 0 Å². The summed E-state index contributed by atoms with van der Waals surface area (Å²) in [5.74, 6) is -0.142. The van der Waals surface area contributed by atoms with Crippen LogP contribution in [0.15, 0.2) is 22.7 Å². The molecule has 3 nitrogen and oxygen atoms in total. The Morgan fingerprint density at radius 2 is 2.10 bits per heavy atom. The Bertz CT molecular complexity index is 594. The van der Waals surface area contributed by atoms with Gasteiger partial charge < -0.3 is 10.4 Å². The van der Waals surface area contributed by atoms with Gasteiger partial charge in [-0.1, -0.05) is 36.7 Å². The summed E-state index contributed by atoms with van der Waals surface area (Å²) in [5, 5.41) is 13.0. The molecule has 3 rings (SSSR count). The van der Waals surface area contributed by atoms with Crippen LogP contribution < -0.4 is 5.32 Å². The van der Waals surface area contributed by atoms with E-state index in [4.69, 9.17) is 0 Å². The quantitative estimate of drug-likeness (QED) is 0.824. The van der Waals surface area contributed by atoms with Gasteiger partial charge in [-0.15, -0.1) is 0 Å². The second kappa shape index (κ2) is 4.73. The smallest absolute Gasteiger partial charge is 0.337 e. The summed E-state index contributed by atoms with van der Waals surface area (Å²) >= 11 is 3.44. The van der Waals surface area contributed by atoms with E-state index in [9.17, 15) is 9.90 Å². The largest absolute Gasteiger partial charge is 0.478 e. The molecule has 3 atom stereocenters. The van der Waals surface area contributed by atoms with Gasteiger partial charge >= 0.3 is 5.97 Å². The Kier molecular flexibility index (Phi) is 3.36. The first kappa shape index (κ1) is 14.9. The minimum Gasteiger partial charge on any atom is -0.478 e. The number of hydrogen-bond donors (Lipinski definition) is 2. The lowest BCUT2D eigenvalue weighted by molar-refractivity contribution is 0.0697. The van der Waals surface area contributed by atoms with Crippen molar-refractivity contribution in [2.24, 2.45) is 16.7 Å². The molecule has 2 aliphatic carbocycles. The maximum atomic E-state index is 11.5. The van der Waals surface area contributed by atoms with E-state index >= 15 is 0 Å². The van der Waals surface area contributed by atoms with Crippen molar-refractivity contribution < 1.29 is 9.90 Å². The van der Waals surface area contributed by atoms with E-state index in [1.807, 2.05) is 6.07 Å². The lowest BCUT2D eigenvalue weighted by Gasteiger charge is -2.43. The fraction of sp³-hybridized carbons (Fsp3) is 0.588. The third kappa shape index (κ3) is 2.28. The number of benzene rings is 1. The molecule has 2 bridgehead atoms. The van der Waals surface area contributed by atoms with Crippen LogP contribution in [0.25, 0.3) is 0 Å². The van der Waals surface area contributed by atoms with Crippen LogP contribution in [-0.2, 0) is 0 Å². The monoisotopic (exact) mass is 351 g/mol. The predicted octanol–water partition coefficient (Wildman–Crippen LogP) is 4.77. The van der Waals surface area contributed by atoms with Crippen molar-refractivity contribution in [2.75, 3.05) is 5.32 Å². The number of carboxylic acids is 1. The summed E-state index contributed by atoms with van der Waals surface area (Å²) in [6, 6.07) is 5.64. The highest BCUT2D eigenvalue weighted by Crippen LogP contribution is 2.63. The zero-order valence-electron chi connectivity index (χ0n) is 12.7. The van der Waals surface area contributed by atoms with Crippen LogP contribution in [0.5, 0.6) is 0 Å². The third-order valence-corrected chi connectivity index (χ3v) is 6.27. The van der Waals surface area contributed by atoms with E-state index in [0.29, 0.717) is 11.6 Å². The molecule has 4 heteroatoms. The van der Waals surface area contributed by atoms with Crippen molar-refractivity contribution in [3.8, 4) is 0 Å². The second-order valence-corrected chi connectivity index (χ2v) is 8.40. The first-order valence-corrected chi connectivity index (χ1v) is 8.33. The molecule has 0 aliphatic heterocycles. The predicted molar refractivity (Wildman–Crippen MR) is 87.7 cm³/mol. The van der Waals surface area contributed by atoms with Gasteiger partial charge in [-0.2, -0.15) is 0 Å². The van der Waals surface area contributed by atoms with Gasteiger partial charge in [0.25, 0.3) is 0 Å². The number of aromatic carboxylic acids is 1. The number of carboxylic acid groups (broad SMARTS) is 1. The molecule has 2 saturated carbocycles. The molecule has 0 amide bonds. The summed E-state index contributed by atoms with van der Waals surface area (Å²) in [5.41, 5.74) is 1.54. The molecule has 0 saturated heterocycles. The molecule has 21 heavy (non-hydrogen) atoms. The van der Waals surface area contributed by atoms with Crippen molar-refractivity contribution >= 4 is 27.6 Å². The van der Waals surface area contributed by atoms with Crippen LogP contribution in [0.4, 0.5) is 5.69 Å². The Labute approximate surface area is 134 Å². The highest BCUT2D eigenvalue weighted by atomic mass is 79.9. The second-order valence-electron chi connectivity index (χ2n) is 7.49. The number of halogens is 1. The average molecular weight is 352 g/mol. The van der Waals surface area contributed by atoms with Crippen molar-refractivity contribution in [1.82, 2.24) is 0 Å². The fourth-order valence-electron chi connectivity index (χ4n) is 4.64. The number of anilines is 1. The Morgan fingerprint density at radius 1 is 1.38 bits per heavy atom. The molecule has 0 heterocycles. The van der Waals surface area contributed by atoms with Crippen LogP contribution in [0.2, 0.25) is 0 Å². The third-order valence-electron chi connectivity index (χ3n) is 5.78. The zero-order valence-corrected chi connectivity index (χ0v) is 14.3. The Balaban J connectivity index is 1.97. The van der Waals surface area contributed by atoms with Crippen LogP contribution in [0, 0.1) is 16.7 Å². The molecule has 2 N–H and O–H groups in total. The zero-order chi connectivity index (χ0) is 15.4. The van der Waals surface area contributed by atoms with E-state index in [2.05, 4.69) is 42.0 Å². The lowest BCUT2D eigenvalue weighted by atomic mass is 9.68. The molecule has 0 spiro atoms. The highest BCUT2D eigenvalue weighted by Gasteiger charge is 2.59. The maximum Gasteiger partial charge on any atom is 0.337 e. The summed E-state index contributed by atoms with van der Waals surface area (Å²) in [7, 11) is 0. The van der Waals surface area contributed by atoms with E-state index < -0.39 is 5.97 Å². The summed E-state index contributed by atoms with van der Waals surface area (Å²) < 4.78 is 0.904. The number of rotatable bonds is 3. The van der Waals surface area contributed by atoms with Crippen molar-refractivity contribution in [1.29, 1.82) is 0 Å². The number of nitrogens with one attached hydrogen (secondary N) is 1. The molecular formula is C17H22BrNO2. The number of carbonyl (C=O) groups is 1. The van der Waals surface area contributed by atoms with Gasteiger partial charge in [0.15, 0.2) is 0 Å². The molecular weight excluding hydrogens is 330 g/mol. The Hall–Kier alpha value is -1.03. The fourth-order valence-corrected chi connectivity index (χ4v) is 5.00. The SMILES string of the molecule is CC12CCC(C1)C(C)(C)C2Nc1cc(Br)ccc1C(=O)O. The molecule has 3 unspecified atom stereocenters. The maximum absolute atomic E-state index is 11.5. The van der Waals surface area contributed by atoms with Gasteiger partial charge in [-0.05, 0) is 54.2 Å². The van der Waals surface area contributed by atoms with E-state index in [1.165, 1.54) is 19.3 Å². The van der Waals surface area contributed by atoms with Crippen LogP contribution in [-0.4, -0.2) is 17.1 Å². The first-order valence-electron chi connectivity index (χ1n) is 7.53. The molecule has 0 aromatic heterocycles. The minimum atomic E-state index is -0.879. The Morgan fingerprint density at radius 3 is 2.67 bits per heavy atom. The summed E-state index contributed by atoms with van der Waals surface area (Å²) in [4.78, 5) is 11.5. The molecule has 0 radical (unpaired) electrons. The van der Waals surface area contributed by atoms with Crippen LogP contribution in [0.1, 0.15) is 50.4 Å². The number of hydrogen-bond acceptors (Lipinski definition) is 2. The van der Waals surface area contributed by atoms with E-state index in [0.717, 1.165) is 16.1 Å². The van der Waals surface area contributed by atoms with Gasteiger partial charge in [-0.25, -0.2) is 4.79 Å². The van der Waals surface area contributed by atoms with Crippen molar-refractivity contribution in [2.45, 2.75) is 46.1 Å². The lowest BCUT2D eigenvalue weighted by Crippen LogP contribution is -2.46. The van der Waals surface area contributed by atoms with E-state index in [-0.39, 0.29) is 10.8 Å². The van der Waals surface area contributed by atoms with Gasteiger partial charge in [0.05, 0.1) is 11.3 Å². The molecule has 2 fully saturated rings. The summed E-state index contributed by atoms with van der Waals surface area (Å²) in [6.45, 7) is 6.98. The number of fused-ring (bicyclic) bond motifs is 2. The van der Waals surface area contributed by atoms with E-state index in [1.54, 1.807) is 12.1 Å². The minimum absolute atomic E-state index is 0.199. The van der Waals surface area contributed by atoms with Gasteiger partial charge in [0.1, 0.15) is 0 Å².